The SMILES string of the molecule is CC(NS(=O)(=O)c1cccs1)C(=O)N1CCNCC1c1cccc(F)c1.Cl. The first kappa shape index (κ1) is 21.8. The summed E-state index contributed by atoms with van der Waals surface area (Å²) in [5, 5.41) is 4.86. The quantitative estimate of drug-likeness (QED) is 0.757. The molecule has 3 rings (SSSR count). The lowest BCUT2D eigenvalue weighted by atomic mass is 10.0. The Morgan fingerprint density at radius 3 is 2.81 bits per heavy atom. The maximum atomic E-state index is 13.6. The van der Waals surface area contributed by atoms with E-state index in [0.717, 1.165) is 11.3 Å². The van der Waals surface area contributed by atoms with Crippen molar-refractivity contribution >= 4 is 39.7 Å². The molecule has 2 heterocycles. The van der Waals surface area contributed by atoms with E-state index in [2.05, 4.69) is 10.0 Å². The topological polar surface area (TPSA) is 78.5 Å². The molecule has 0 radical (unpaired) electrons. The Balaban J connectivity index is 0.00000261. The number of halogens is 2. The van der Waals surface area contributed by atoms with Crippen LogP contribution >= 0.6 is 23.7 Å². The molecule has 1 aromatic heterocycles. The molecule has 1 fully saturated rings. The predicted octanol–water partition coefficient (Wildman–Crippen LogP) is 2.15. The summed E-state index contributed by atoms with van der Waals surface area (Å²) in [6, 6.07) is 7.98. The number of carbonyl (C=O) groups is 1. The van der Waals surface area contributed by atoms with Crippen molar-refractivity contribution in [2.45, 2.75) is 23.2 Å². The number of nitrogens with one attached hydrogen (secondary N) is 2. The zero-order valence-corrected chi connectivity index (χ0v) is 17.0. The standard InChI is InChI=1S/C17H20FN3O3S2.ClH/c1-12(20-26(23,24)16-6-3-9-25-16)17(22)21-8-7-19-11-15(21)13-4-2-5-14(18)10-13;/h2-6,9-10,12,15,19-20H,7-8,11H2,1H3;1H. The van der Waals surface area contributed by atoms with E-state index in [-0.39, 0.29) is 34.4 Å². The normalized spacial score (nSPS) is 18.6. The number of carbonyl (C=O) groups excluding carboxylic acids is 1. The maximum Gasteiger partial charge on any atom is 0.250 e. The molecule has 2 N–H and O–H groups in total. The molecule has 0 saturated carbocycles. The van der Waals surface area contributed by atoms with Crippen LogP contribution in [0.25, 0.3) is 0 Å². The van der Waals surface area contributed by atoms with Gasteiger partial charge in [0.2, 0.25) is 5.91 Å². The molecule has 0 bridgehead atoms. The first-order chi connectivity index (χ1) is 12.4. The van der Waals surface area contributed by atoms with Crippen LogP contribution in [0.3, 0.4) is 0 Å². The van der Waals surface area contributed by atoms with Gasteiger partial charge in [-0.2, -0.15) is 4.72 Å². The van der Waals surface area contributed by atoms with Crippen LogP contribution in [0, 0.1) is 5.82 Å². The molecule has 1 aliphatic heterocycles. The largest absolute Gasteiger partial charge is 0.332 e. The van der Waals surface area contributed by atoms with Gasteiger partial charge in [-0.3, -0.25) is 4.79 Å². The van der Waals surface area contributed by atoms with Crippen molar-refractivity contribution < 1.29 is 17.6 Å². The Bertz CT molecular complexity index is 877. The number of rotatable bonds is 5. The van der Waals surface area contributed by atoms with Crippen LogP contribution in [0.2, 0.25) is 0 Å². The molecule has 10 heteroatoms. The van der Waals surface area contributed by atoms with E-state index in [0.29, 0.717) is 25.2 Å². The Morgan fingerprint density at radius 1 is 1.37 bits per heavy atom. The van der Waals surface area contributed by atoms with Crippen molar-refractivity contribution in [3.63, 3.8) is 0 Å². The number of benzene rings is 1. The van der Waals surface area contributed by atoms with E-state index >= 15 is 0 Å². The zero-order chi connectivity index (χ0) is 18.7. The van der Waals surface area contributed by atoms with Crippen LogP contribution < -0.4 is 10.0 Å². The van der Waals surface area contributed by atoms with E-state index < -0.39 is 16.1 Å². The van der Waals surface area contributed by atoms with E-state index in [9.17, 15) is 17.6 Å². The van der Waals surface area contributed by atoms with Gasteiger partial charge < -0.3 is 10.2 Å². The number of amides is 1. The van der Waals surface area contributed by atoms with Crippen molar-refractivity contribution in [3.05, 3.63) is 53.2 Å². The van der Waals surface area contributed by atoms with Crippen LogP contribution in [0.15, 0.2) is 46.0 Å². The minimum atomic E-state index is -3.74. The van der Waals surface area contributed by atoms with Gasteiger partial charge in [0.15, 0.2) is 0 Å². The molecule has 6 nitrogen and oxygen atoms in total. The molecule has 1 aromatic carbocycles. The molecule has 2 atom stereocenters. The molecule has 148 valence electrons. The summed E-state index contributed by atoms with van der Waals surface area (Å²) in [5.41, 5.74) is 0.680. The van der Waals surface area contributed by atoms with Gasteiger partial charge in [-0.1, -0.05) is 18.2 Å². The molecule has 27 heavy (non-hydrogen) atoms. The summed E-state index contributed by atoms with van der Waals surface area (Å²) >= 11 is 1.09. The van der Waals surface area contributed by atoms with Gasteiger partial charge in [-0.25, -0.2) is 12.8 Å². The van der Waals surface area contributed by atoms with Crippen molar-refractivity contribution in [3.8, 4) is 0 Å². The van der Waals surface area contributed by atoms with Gasteiger partial charge in [0.1, 0.15) is 10.0 Å². The molecule has 1 aliphatic rings. The van der Waals surface area contributed by atoms with Gasteiger partial charge >= 0.3 is 0 Å². The highest BCUT2D eigenvalue weighted by Gasteiger charge is 2.32. The van der Waals surface area contributed by atoms with E-state index in [1.807, 2.05) is 0 Å². The van der Waals surface area contributed by atoms with E-state index in [1.165, 1.54) is 25.1 Å². The van der Waals surface area contributed by atoms with Gasteiger partial charge in [0.25, 0.3) is 10.0 Å². The predicted molar refractivity (Wildman–Crippen MR) is 105 cm³/mol. The molecular formula is C17H21ClFN3O3S2. The van der Waals surface area contributed by atoms with Crippen LogP contribution in [0.4, 0.5) is 4.39 Å². The highest BCUT2D eigenvalue weighted by atomic mass is 35.5. The first-order valence-corrected chi connectivity index (χ1v) is 10.6. The minimum absolute atomic E-state index is 0. The number of hydrogen-bond donors (Lipinski definition) is 2. The van der Waals surface area contributed by atoms with Crippen LogP contribution in [0.5, 0.6) is 0 Å². The summed E-state index contributed by atoms with van der Waals surface area (Å²) in [6.45, 7) is 3.03. The molecular weight excluding hydrogens is 413 g/mol. The Labute approximate surface area is 168 Å². The fourth-order valence-corrected chi connectivity index (χ4v) is 5.19. The summed E-state index contributed by atoms with van der Waals surface area (Å²) in [5.74, 6) is -0.701. The maximum absolute atomic E-state index is 13.6. The van der Waals surface area contributed by atoms with Crippen LogP contribution in [-0.2, 0) is 14.8 Å². The lowest BCUT2D eigenvalue weighted by Crippen LogP contribution is -2.54. The third-order valence-corrected chi connectivity index (χ3v) is 7.16. The monoisotopic (exact) mass is 433 g/mol. The van der Waals surface area contributed by atoms with E-state index in [1.54, 1.807) is 28.5 Å². The number of piperazine rings is 1. The average Bonchev–Trinajstić information content (AvgIpc) is 3.16. The lowest BCUT2D eigenvalue weighted by molar-refractivity contribution is -0.136. The van der Waals surface area contributed by atoms with Crippen molar-refractivity contribution in [2.75, 3.05) is 19.6 Å². The second-order valence-electron chi connectivity index (χ2n) is 6.08. The van der Waals surface area contributed by atoms with E-state index in [4.69, 9.17) is 0 Å². The fraction of sp³-hybridized carbons (Fsp3) is 0.353. The fourth-order valence-electron chi connectivity index (χ4n) is 2.99. The van der Waals surface area contributed by atoms with Crippen molar-refractivity contribution in [1.29, 1.82) is 0 Å². The molecule has 2 unspecified atom stereocenters. The summed E-state index contributed by atoms with van der Waals surface area (Å²) in [6.07, 6.45) is 0. The Hall–Kier alpha value is -1.52. The van der Waals surface area contributed by atoms with Crippen molar-refractivity contribution in [1.82, 2.24) is 14.9 Å². The summed E-state index contributed by atoms with van der Waals surface area (Å²) in [4.78, 5) is 14.5. The second-order valence-corrected chi connectivity index (χ2v) is 8.97. The highest BCUT2D eigenvalue weighted by Crippen LogP contribution is 2.24. The number of hydrogen-bond acceptors (Lipinski definition) is 5. The van der Waals surface area contributed by atoms with Crippen LogP contribution in [-0.4, -0.2) is 44.9 Å². The third kappa shape index (κ3) is 5.05. The molecule has 1 amide bonds. The zero-order valence-electron chi connectivity index (χ0n) is 14.6. The number of sulfonamides is 1. The minimum Gasteiger partial charge on any atom is -0.332 e. The third-order valence-electron chi connectivity index (χ3n) is 4.22. The number of thiophene rings is 1. The van der Waals surface area contributed by atoms with Gasteiger partial charge in [0, 0.05) is 19.6 Å². The Kier molecular flexibility index (Phi) is 7.35. The lowest BCUT2D eigenvalue weighted by Gasteiger charge is -2.38. The molecule has 1 saturated heterocycles. The van der Waals surface area contributed by atoms with Crippen molar-refractivity contribution in [2.24, 2.45) is 0 Å². The smallest absolute Gasteiger partial charge is 0.250 e. The average molecular weight is 434 g/mol. The molecule has 0 aliphatic carbocycles. The first-order valence-electron chi connectivity index (χ1n) is 8.21. The number of nitrogens with zero attached hydrogens (tertiary/aromatic N) is 1. The van der Waals surface area contributed by atoms with Gasteiger partial charge in [0.05, 0.1) is 12.1 Å². The van der Waals surface area contributed by atoms with Crippen LogP contribution in [0.1, 0.15) is 18.5 Å². The summed E-state index contributed by atoms with van der Waals surface area (Å²) in [7, 11) is -3.74. The highest BCUT2D eigenvalue weighted by molar-refractivity contribution is 7.91. The summed E-state index contributed by atoms with van der Waals surface area (Å²) < 4.78 is 40.9. The second kappa shape index (κ2) is 9.11. The molecule has 0 spiro atoms. The Morgan fingerprint density at radius 2 is 2.15 bits per heavy atom. The molecule has 2 aromatic rings. The van der Waals surface area contributed by atoms with Gasteiger partial charge in [-0.05, 0) is 36.1 Å². The van der Waals surface area contributed by atoms with Gasteiger partial charge in [-0.15, -0.1) is 23.7 Å².